The molecule has 0 N–H and O–H groups in total. The summed E-state index contributed by atoms with van der Waals surface area (Å²) in [6.45, 7) is 6.10. The zero-order valence-electron chi connectivity index (χ0n) is 13.4. The van der Waals surface area contributed by atoms with Gasteiger partial charge in [0.25, 0.3) is 0 Å². The third kappa shape index (κ3) is 3.64. The summed E-state index contributed by atoms with van der Waals surface area (Å²) in [5.41, 5.74) is 2.18. The molecular formula is C18H21NO3. The predicted octanol–water partition coefficient (Wildman–Crippen LogP) is 3.36. The number of ether oxygens (including phenoxy) is 1. The summed E-state index contributed by atoms with van der Waals surface area (Å²) in [5, 5.41) is 0. The number of hydrogen-bond acceptors (Lipinski definition) is 3. The molecule has 0 bridgehead atoms. The molecule has 0 aliphatic carbocycles. The molecule has 2 rings (SSSR count). The number of Topliss-reactive ketones (excluding diaryl/α,β-unsaturated/α-hetero) is 1. The molecule has 0 unspecified atom stereocenters. The number of nitrogens with zero attached hydrogens (tertiary/aromatic N) is 1. The topological polar surface area (TPSA) is 48.3 Å². The maximum Gasteiger partial charge on any atom is 0.355 e. The van der Waals surface area contributed by atoms with Gasteiger partial charge in [-0.3, -0.25) is 4.79 Å². The van der Waals surface area contributed by atoms with Crippen LogP contribution in [0.4, 0.5) is 0 Å². The Balaban J connectivity index is 1.98. The number of benzene rings is 1. The van der Waals surface area contributed by atoms with Gasteiger partial charge in [-0.15, -0.1) is 0 Å². The van der Waals surface area contributed by atoms with Gasteiger partial charge in [0.1, 0.15) is 5.69 Å². The Bertz CT molecular complexity index is 675. The highest BCUT2D eigenvalue weighted by Gasteiger charge is 2.16. The lowest BCUT2D eigenvalue weighted by atomic mass is 9.86. The monoisotopic (exact) mass is 299 g/mol. The van der Waals surface area contributed by atoms with Crippen LogP contribution in [0.25, 0.3) is 0 Å². The van der Waals surface area contributed by atoms with Crippen LogP contribution in [0, 0.1) is 0 Å². The molecule has 1 aromatic heterocycles. The first kappa shape index (κ1) is 16.0. The second-order valence-electron chi connectivity index (χ2n) is 6.33. The molecule has 4 nitrogen and oxygen atoms in total. The lowest BCUT2D eigenvalue weighted by Gasteiger charge is -2.18. The minimum absolute atomic E-state index is 0.0422. The van der Waals surface area contributed by atoms with Gasteiger partial charge in [0, 0.05) is 18.8 Å². The lowest BCUT2D eigenvalue weighted by Crippen LogP contribution is -2.16. The van der Waals surface area contributed by atoms with Crippen molar-refractivity contribution in [3.8, 4) is 0 Å². The summed E-state index contributed by atoms with van der Waals surface area (Å²) in [6.07, 6.45) is 1.75. The first-order valence-electron chi connectivity index (χ1n) is 7.21. The van der Waals surface area contributed by atoms with Gasteiger partial charge in [-0.25, -0.2) is 4.79 Å². The minimum atomic E-state index is -0.493. The fourth-order valence-electron chi connectivity index (χ4n) is 2.12. The standard InChI is InChI=1S/C18H21NO3/c1-18(2,3)14-9-7-13(8-10-14)16(20)12-22-17(21)15-6-5-11-19(15)4/h5-11H,12H2,1-4H3. The molecule has 0 aliphatic heterocycles. The molecule has 1 heterocycles. The van der Waals surface area contributed by atoms with E-state index < -0.39 is 5.97 Å². The Kier molecular flexibility index (Phi) is 4.50. The summed E-state index contributed by atoms with van der Waals surface area (Å²) in [7, 11) is 1.75. The van der Waals surface area contributed by atoms with Crippen LogP contribution < -0.4 is 0 Å². The average molecular weight is 299 g/mol. The van der Waals surface area contributed by atoms with Crippen molar-refractivity contribution in [3.05, 3.63) is 59.4 Å². The van der Waals surface area contributed by atoms with Gasteiger partial charge in [-0.05, 0) is 23.1 Å². The Morgan fingerprint density at radius 3 is 2.23 bits per heavy atom. The zero-order valence-corrected chi connectivity index (χ0v) is 13.4. The van der Waals surface area contributed by atoms with E-state index in [1.54, 1.807) is 42.1 Å². The fourth-order valence-corrected chi connectivity index (χ4v) is 2.12. The molecule has 0 radical (unpaired) electrons. The molecule has 1 aromatic carbocycles. The molecule has 0 saturated carbocycles. The highest BCUT2D eigenvalue weighted by molar-refractivity contribution is 5.99. The van der Waals surface area contributed by atoms with E-state index in [9.17, 15) is 9.59 Å². The predicted molar refractivity (Wildman–Crippen MR) is 85.2 cm³/mol. The molecule has 2 aromatic rings. The maximum absolute atomic E-state index is 12.1. The number of ketones is 1. The van der Waals surface area contributed by atoms with Gasteiger partial charge in [-0.1, -0.05) is 45.0 Å². The van der Waals surface area contributed by atoms with E-state index in [0.717, 1.165) is 5.56 Å². The second-order valence-corrected chi connectivity index (χ2v) is 6.33. The Hall–Kier alpha value is -2.36. The number of rotatable bonds is 4. The van der Waals surface area contributed by atoms with Crippen molar-refractivity contribution >= 4 is 11.8 Å². The van der Waals surface area contributed by atoms with Crippen LogP contribution in [0.1, 0.15) is 47.2 Å². The molecule has 4 heteroatoms. The van der Waals surface area contributed by atoms with Gasteiger partial charge in [0.15, 0.2) is 12.4 Å². The number of carbonyl (C=O) groups excluding carboxylic acids is 2. The molecule has 116 valence electrons. The molecule has 0 amide bonds. The molecule has 22 heavy (non-hydrogen) atoms. The Morgan fingerprint density at radius 1 is 1.09 bits per heavy atom. The van der Waals surface area contributed by atoms with E-state index in [2.05, 4.69) is 20.8 Å². The lowest BCUT2D eigenvalue weighted by molar-refractivity contribution is 0.0465. The van der Waals surface area contributed by atoms with Crippen LogP contribution in [-0.4, -0.2) is 22.9 Å². The highest BCUT2D eigenvalue weighted by Crippen LogP contribution is 2.22. The third-order valence-electron chi connectivity index (χ3n) is 3.56. The summed E-state index contributed by atoms with van der Waals surface area (Å²) in [4.78, 5) is 23.9. The second kappa shape index (κ2) is 6.18. The highest BCUT2D eigenvalue weighted by atomic mass is 16.5. The fraction of sp³-hybridized carbons (Fsp3) is 0.333. The molecule has 0 spiro atoms. The van der Waals surface area contributed by atoms with Crippen LogP contribution in [-0.2, 0) is 17.2 Å². The largest absolute Gasteiger partial charge is 0.453 e. The smallest absolute Gasteiger partial charge is 0.355 e. The number of aromatic nitrogens is 1. The molecule has 0 aliphatic rings. The third-order valence-corrected chi connectivity index (χ3v) is 3.56. The average Bonchev–Trinajstić information content (AvgIpc) is 2.90. The number of carbonyl (C=O) groups is 2. The normalized spacial score (nSPS) is 11.3. The SMILES string of the molecule is Cn1cccc1C(=O)OCC(=O)c1ccc(C(C)(C)C)cc1. The van der Waals surface area contributed by atoms with Crippen LogP contribution >= 0.6 is 0 Å². The van der Waals surface area contributed by atoms with E-state index in [-0.39, 0.29) is 17.8 Å². The zero-order chi connectivity index (χ0) is 16.3. The van der Waals surface area contributed by atoms with E-state index in [4.69, 9.17) is 4.74 Å². The van der Waals surface area contributed by atoms with Crippen molar-refractivity contribution in [3.63, 3.8) is 0 Å². The van der Waals surface area contributed by atoms with Gasteiger partial charge in [-0.2, -0.15) is 0 Å². The first-order chi connectivity index (χ1) is 10.3. The van der Waals surface area contributed by atoms with E-state index in [1.165, 1.54) is 0 Å². The summed E-state index contributed by atoms with van der Waals surface area (Å²) in [6, 6.07) is 10.8. The number of aryl methyl sites for hydroxylation is 1. The molecule has 0 fully saturated rings. The van der Waals surface area contributed by atoms with Crippen LogP contribution in [0.2, 0.25) is 0 Å². The Labute approximate surface area is 130 Å². The van der Waals surface area contributed by atoms with E-state index >= 15 is 0 Å². The van der Waals surface area contributed by atoms with Gasteiger partial charge in [0.05, 0.1) is 0 Å². The van der Waals surface area contributed by atoms with Crippen molar-refractivity contribution in [2.75, 3.05) is 6.61 Å². The summed E-state index contributed by atoms with van der Waals surface area (Å²) >= 11 is 0. The first-order valence-corrected chi connectivity index (χ1v) is 7.21. The van der Waals surface area contributed by atoms with E-state index in [1.807, 2.05) is 12.1 Å². The van der Waals surface area contributed by atoms with Crippen LogP contribution in [0.15, 0.2) is 42.6 Å². The number of hydrogen-bond donors (Lipinski definition) is 0. The van der Waals surface area contributed by atoms with Crippen molar-refractivity contribution in [1.82, 2.24) is 4.57 Å². The van der Waals surface area contributed by atoms with Gasteiger partial charge in [0.2, 0.25) is 0 Å². The Morgan fingerprint density at radius 2 is 1.73 bits per heavy atom. The van der Waals surface area contributed by atoms with E-state index in [0.29, 0.717) is 11.3 Å². The van der Waals surface area contributed by atoms with Gasteiger partial charge >= 0.3 is 5.97 Å². The van der Waals surface area contributed by atoms with Crippen LogP contribution in [0.3, 0.4) is 0 Å². The quantitative estimate of drug-likeness (QED) is 0.642. The maximum atomic E-state index is 12.1. The van der Waals surface area contributed by atoms with Crippen LogP contribution in [0.5, 0.6) is 0 Å². The molecular weight excluding hydrogens is 278 g/mol. The molecule has 0 atom stereocenters. The van der Waals surface area contributed by atoms with Crippen molar-refractivity contribution in [1.29, 1.82) is 0 Å². The molecule has 0 saturated heterocycles. The minimum Gasteiger partial charge on any atom is -0.453 e. The summed E-state index contributed by atoms with van der Waals surface area (Å²) in [5.74, 6) is -0.699. The summed E-state index contributed by atoms with van der Waals surface area (Å²) < 4.78 is 6.73. The number of esters is 1. The van der Waals surface area contributed by atoms with Gasteiger partial charge < -0.3 is 9.30 Å². The van der Waals surface area contributed by atoms with Crippen molar-refractivity contribution in [2.24, 2.45) is 7.05 Å². The van der Waals surface area contributed by atoms with Crippen molar-refractivity contribution < 1.29 is 14.3 Å². The van der Waals surface area contributed by atoms with Crippen molar-refractivity contribution in [2.45, 2.75) is 26.2 Å².